The molecule has 1 aliphatic heterocycles. The Hall–Kier alpha value is -3.59. The van der Waals surface area contributed by atoms with Gasteiger partial charge in [0.2, 0.25) is 6.79 Å². The first-order valence-electron chi connectivity index (χ1n) is 9.22. The van der Waals surface area contributed by atoms with Gasteiger partial charge in [0.25, 0.3) is 5.91 Å². The van der Waals surface area contributed by atoms with Crippen LogP contribution in [-0.2, 0) is 4.74 Å². The summed E-state index contributed by atoms with van der Waals surface area (Å²) in [5.41, 5.74) is 1.89. The van der Waals surface area contributed by atoms with E-state index >= 15 is 0 Å². The Morgan fingerprint density at radius 2 is 1.93 bits per heavy atom. The SMILES string of the molecule is CC(C)OC(=O)c1cccc(NC(=O)c2csc(Nc3ccc4c(c3)OCO4)n2)c1. The van der Waals surface area contributed by atoms with Crippen LogP contribution in [0.1, 0.15) is 34.7 Å². The van der Waals surface area contributed by atoms with Crippen molar-refractivity contribution in [3.63, 3.8) is 0 Å². The van der Waals surface area contributed by atoms with E-state index in [1.54, 1.807) is 43.5 Å². The number of hydrogen-bond acceptors (Lipinski definition) is 8. The van der Waals surface area contributed by atoms with Gasteiger partial charge in [0.05, 0.1) is 11.7 Å². The zero-order chi connectivity index (χ0) is 21.1. The van der Waals surface area contributed by atoms with Crippen LogP contribution in [0.4, 0.5) is 16.5 Å². The molecule has 2 aromatic carbocycles. The van der Waals surface area contributed by atoms with E-state index in [4.69, 9.17) is 14.2 Å². The summed E-state index contributed by atoms with van der Waals surface area (Å²) in [7, 11) is 0. The fourth-order valence-electron chi connectivity index (χ4n) is 2.73. The number of anilines is 3. The topological polar surface area (TPSA) is 98.8 Å². The highest BCUT2D eigenvalue weighted by molar-refractivity contribution is 7.14. The molecule has 0 spiro atoms. The Bertz CT molecular complexity index is 1100. The van der Waals surface area contributed by atoms with E-state index < -0.39 is 5.97 Å². The van der Waals surface area contributed by atoms with E-state index in [2.05, 4.69) is 15.6 Å². The number of esters is 1. The number of carbonyl (C=O) groups excluding carboxylic acids is 2. The van der Waals surface area contributed by atoms with E-state index in [1.807, 2.05) is 18.2 Å². The molecule has 1 aromatic heterocycles. The van der Waals surface area contributed by atoms with Gasteiger partial charge in [-0.25, -0.2) is 9.78 Å². The molecule has 0 bridgehead atoms. The number of fused-ring (bicyclic) bond motifs is 1. The van der Waals surface area contributed by atoms with Gasteiger partial charge in [0.15, 0.2) is 16.6 Å². The highest BCUT2D eigenvalue weighted by atomic mass is 32.1. The molecule has 0 saturated heterocycles. The van der Waals surface area contributed by atoms with Crippen molar-refractivity contribution in [3.05, 3.63) is 59.1 Å². The zero-order valence-electron chi connectivity index (χ0n) is 16.3. The number of thiazole rings is 1. The lowest BCUT2D eigenvalue weighted by atomic mass is 10.2. The molecular formula is C21H19N3O5S. The number of aromatic nitrogens is 1. The Morgan fingerprint density at radius 3 is 2.77 bits per heavy atom. The molecule has 8 nitrogen and oxygen atoms in total. The second kappa shape index (κ2) is 8.42. The standard InChI is InChI=1S/C21H19N3O5S/c1-12(2)29-20(26)13-4-3-5-14(8-13)22-19(25)16-10-30-21(24-16)23-15-6-7-17-18(9-15)28-11-27-17/h3-10,12H,11H2,1-2H3,(H,22,25)(H,23,24). The molecule has 0 atom stereocenters. The van der Waals surface area contributed by atoms with Crippen LogP contribution in [0.25, 0.3) is 0 Å². The lowest BCUT2D eigenvalue weighted by molar-refractivity contribution is 0.0377. The predicted molar refractivity (Wildman–Crippen MR) is 113 cm³/mol. The Morgan fingerprint density at radius 1 is 1.10 bits per heavy atom. The molecule has 3 aromatic rings. The number of amides is 1. The monoisotopic (exact) mass is 425 g/mol. The molecule has 0 radical (unpaired) electrons. The van der Waals surface area contributed by atoms with Crippen LogP contribution in [-0.4, -0.2) is 29.8 Å². The average molecular weight is 425 g/mol. The normalized spacial score (nSPS) is 12.0. The van der Waals surface area contributed by atoms with E-state index in [1.165, 1.54) is 11.3 Å². The van der Waals surface area contributed by atoms with E-state index in [0.717, 1.165) is 5.69 Å². The molecule has 2 N–H and O–H groups in total. The van der Waals surface area contributed by atoms with E-state index in [-0.39, 0.29) is 24.5 Å². The maximum Gasteiger partial charge on any atom is 0.338 e. The number of nitrogens with zero attached hydrogens (tertiary/aromatic N) is 1. The van der Waals surface area contributed by atoms with Gasteiger partial charge in [0.1, 0.15) is 5.69 Å². The number of ether oxygens (including phenoxy) is 3. The van der Waals surface area contributed by atoms with Crippen LogP contribution < -0.4 is 20.1 Å². The van der Waals surface area contributed by atoms with Crippen LogP contribution in [0.15, 0.2) is 47.8 Å². The highest BCUT2D eigenvalue weighted by Crippen LogP contribution is 2.35. The van der Waals surface area contributed by atoms with Gasteiger partial charge in [-0.3, -0.25) is 4.79 Å². The third kappa shape index (κ3) is 4.52. The van der Waals surface area contributed by atoms with Gasteiger partial charge in [-0.2, -0.15) is 0 Å². The third-order valence-corrected chi connectivity index (χ3v) is 4.82. The minimum atomic E-state index is -0.440. The summed E-state index contributed by atoms with van der Waals surface area (Å²) in [5.74, 6) is 0.536. The van der Waals surface area contributed by atoms with Crippen LogP contribution in [0.3, 0.4) is 0 Å². The van der Waals surface area contributed by atoms with Gasteiger partial charge in [0, 0.05) is 22.8 Å². The Labute approximate surface area is 176 Å². The fourth-order valence-corrected chi connectivity index (χ4v) is 3.45. The zero-order valence-corrected chi connectivity index (χ0v) is 17.1. The first kappa shape index (κ1) is 19.7. The Kier molecular flexibility index (Phi) is 5.53. The van der Waals surface area contributed by atoms with Crippen molar-refractivity contribution in [2.24, 2.45) is 0 Å². The van der Waals surface area contributed by atoms with Crippen LogP contribution in [0, 0.1) is 0 Å². The third-order valence-electron chi connectivity index (χ3n) is 4.06. The molecule has 1 amide bonds. The van der Waals surface area contributed by atoms with E-state index in [0.29, 0.717) is 27.9 Å². The largest absolute Gasteiger partial charge is 0.459 e. The van der Waals surface area contributed by atoms with Gasteiger partial charge < -0.3 is 24.8 Å². The van der Waals surface area contributed by atoms with Crippen molar-refractivity contribution >= 4 is 39.7 Å². The van der Waals surface area contributed by atoms with Gasteiger partial charge >= 0.3 is 5.97 Å². The maximum atomic E-state index is 12.5. The van der Waals surface area contributed by atoms with Crippen molar-refractivity contribution in [1.82, 2.24) is 4.98 Å². The molecule has 0 aliphatic carbocycles. The summed E-state index contributed by atoms with van der Waals surface area (Å²) in [6.45, 7) is 3.76. The molecule has 154 valence electrons. The molecule has 0 saturated carbocycles. The predicted octanol–water partition coefficient (Wildman–Crippen LogP) is 4.43. The average Bonchev–Trinajstić information content (AvgIpc) is 3.37. The number of hydrogen-bond donors (Lipinski definition) is 2. The second-order valence-electron chi connectivity index (χ2n) is 6.72. The second-order valence-corrected chi connectivity index (χ2v) is 7.58. The summed E-state index contributed by atoms with van der Waals surface area (Å²) in [5, 5.41) is 8.11. The lowest BCUT2D eigenvalue weighted by Gasteiger charge is -2.09. The van der Waals surface area contributed by atoms with Gasteiger partial charge in [-0.15, -0.1) is 11.3 Å². The first-order valence-corrected chi connectivity index (χ1v) is 10.1. The first-order chi connectivity index (χ1) is 14.5. The summed E-state index contributed by atoms with van der Waals surface area (Å²) in [6.07, 6.45) is -0.221. The lowest BCUT2D eigenvalue weighted by Crippen LogP contribution is -2.14. The summed E-state index contributed by atoms with van der Waals surface area (Å²) in [4.78, 5) is 28.9. The molecule has 0 fully saturated rings. The number of rotatable bonds is 6. The minimum absolute atomic E-state index is 0.205. The molecule has 30 heavy (non-hydrogen) atoms. The quantitative estimate of drug-likeness (QED) is 0.564. The molecular weight excluding hydrogens is 406 g/mol. The van der Waals surface area contributed by atoms with Crippen LogP contribution in [0.2, 0.25) is 0 Å². The summed E-state index contributed by atoms with van der Waals surface area (Å²) < 4.78 is 15.8. The molecule has 0 unspecified atom stereocenters. The number of carbonyl (C=O) groups is 2. The minimum Gasteiger partial charge on any atom is -0.459 e. The molecule has 4 rings (SSSR count). The van der Waals surface area contributed by atoms with Crippen molar-refractivity contribution in [3.8, 4) is 11.5 Å². The van der Waals surface area contributed by atoms with Crippen molar-refractivity contribution in [2.45, 2.75) is 20.0 Å². The molecule has 2 heterocycles. The smallest absolute Gasteiger partial charge is 0.338 e. The highest BCUT2D eigenvalue weighted by Gasteiger charge is 2.16. The molecule has 9 heteroatoms. The van der Waals surface area contributed by atoms with Crippen LogP contribution in [0.5, 0.6) is 11.5 Å². The van der Waals surface area contributed by atoms with Crippen molar-refractivity contribution in [1.29, 1.82) is 0 Å². The summed E-state index contributed by atoms with van der Waals surface area (Å²) >= 11 is 1.30. The van der Waals surface area contributed by atoms with E-state index in [9.17, 15) is 9.59 Å². The van der Waals surface area contributed by atoms with Gasteiger partial charge in [-0.05, 0) is 44.2 Å². The Balaban J connectivity index is 1.41. The maximum absolute atomic E-state index is 12.5. The molecule has 1 aliphatic rings. The number of nitrogens with one attached hydrogen (secondary N) is 2. The van der Waals surface area contributed by atoms with Crippen LogP contribution >= 0.6 is 11.3 Å². The fraction of sp³-hybridized carbons (Fsp3) is 0.190. The van der Waals surface area contributed by atoms with Gasteiger partial charge in [-0.1, -0.05) is 6.07 Å². The number of benzene rings is 2. The van der Waals surface area contributed by atoms with Crippen molar-refractivity contribution < 1.29 is 23.8 Å². The summed E-state index contributed by atoms with van der Waals surface area (Å²) in [6, 6.07) is 12.0. The van der Waals surface area contributed by atoms with Crippen molar-refractivity contribution in [2.75, 3.05) is 17.4 Å².